The topological polar surface area (TPSA) is 115 Å². The number of hydrogen-bond donors (Lipinski definition) is 2. The zero-order valence-electron chi connectivity index (χ0n) is 12.2. The number of sulfone groups is 2. The number of thiophene rings is 1. The average Bonchev–Trinajstić information content (AvgIpc) is 3.03. The SMILES string of the molecule is NCc1ccc(S(=O)(=O)c2ccc(S(=O)(=O)CCCO)cc2)s1. The van der Waals surface area contributed by atoms with Crippen LogP contribution in [0.2, 0.25) is 0 Å². The molecular formula is C14H17NO5S3. The van der Waals surface area contributed by atoms with Crippen molar-refractivity contribution in [3.63, 3.8) is 0 Å². The molecule has 0 fully saturated rings. The van der Waals surface area contributed by atoms with Gasteiger partial charge in [-0.15, -0.1) is 11.3 Å². The normalized spacial score (nSPS) is 12.4. The van der Waals surface area contributed by atoms with Crippen LogP contribution in [0.1, 0.15) is 11.3 Å². The summed E-state index contributed by atoms with van der Waals surface area (Å²) in [6.07, 6.45) is 0.138. The second kappa shape index (κ2) is 7.10. The van der Waals surface area contributed by atoms with Crippen LogP contribution < -0.4 is 5.73 Å². The van der Waals surface area contributed by atoms with Crippen LogP contribution in [0.4, 0.5) is 0 Å². The van der Waals surface area contributed by atoms with Gasteiger partial charge < -0.3 is 10.8 Å². The first-order valence-corrected chi connectivity index (χ1v) is 10.7. The molecule has 2 rings (SSSR count). The fraction of sp³-hybridized carbons (Fsp3) is 0.286. The van der Waals surface area contributed by atoms with E-state index in [0.717, 1.165) is 16.2 Å². The largest absolute Gasteiger partial charge is 0.396 e. The summed E-state index contributed by atoms with van der Waals surface area (Å²) in [5.74, 6) is -0.180. The second-order valence-corrected chi connectivity index (χ2v) is 10.2. The molecule has 1 aromatic carbocycles. The average molecular weight is 375 g/mol. The van der Waals surface area contributed by atoms with E-state index >= 15 is 0 Å². The molecule has 6 nitrogen and oxygen atoms in total. The van der Waals surface area contributed by atoms with Crippen LogP contribution in [0.5, 0.6) is 0 Å². The number of nitrogens with two attached hydrogens (primary N) is 1. The fourth-order valence-corrected chi connectivity index (χ4v) is 5.86. The molecule has 1 heterocycles. The molecule has 0 atom stereocenters. The van der Waals surface area contributed by atoms with Gasteiger partial charge in [0.2, 0.25) is 9.84 Å². The Morgan fingerprint density at radius 3 is 2.09 bits per heavy atom. The second-order valence-electron chi connectivity index (χ2n) is 4.80. The van der Waals surface area contributed by atoms with Gasteiger partial charge in [-0.05, 0) is 42.8 Å². The van der Waals surface area contributed by atoms with E-state index in [1.165, 1.54) is 30.3 Å². The van der Waals surface area contributed by atoms with E-state index in [1.807, 2.05) is 0 Å². The molecule has 0 aliphatic heterocycles. The third kappa shape index (κ3) is 3.99. The summed E-state index contributed by atoms with van der Waals surface area (Å²) in [7, 11) is -7.20. The van der Waals surface area contributed by atoms with Gasteiger partial charge in [-0.1, -0.05) is 0 Å². The Bertz CT molecular complexity index is 867. The van der Waals surface area contributed by atoms with Gasteiger partial charge in [0.05, 0.1) is 15.5 Å². The molecule has 0 bridgehead atoms. The molecule has 0 saturated heterocycles. The monoisotopic (exact) mass is 375 g/mol. The van der Waals surface area contributed by atoms with Crippen molar-refractivity contribution in [1.29, 1.82) is 0 Å². The number of aliphatic hydroxyl groups is 1. The molecule has 3 N–H and O–H groups in total. The lowest BCUT2D eigenvalue weighted by Crippen LogP contribution is -2.08. The van der Waals surface area contributed by atoms with Gasteiger partial charge in [-0.2, -0.15) is 0 Å². The minimum Gasteiger partial charge on any atom is -0.396 e. The van der Waals surface area contributed by atoms with Crippen molar-refractivity contribution < 1.29 is 21.9 Å². The van der Waals surface area contributed by atoms with Gasteiger partial charge in [0.15, 0.2) is 9.84 Å². The quantitative estimate of drug-likeness (QED) is 0.751. The first-order chi connectivity index (χ1) is 10.8. The first kappa shape index (κ1) is 18.1. The maximum atomic E-state index is 12.5. The Morgan fingerprint density at radius 2 is 1.57 bits per heavy atom. The molecule has 0 unspecified atom stereocenters. The molecular weight excluding hydrogens is 358 g/mol. The van der Waals surface area contributed by atoms with E-state index in [0.29, 0.717) is 0 Å². The standard InChI is InChI=1S/C14H17NO5S3/c15-10-11-2-7-14(21-11)23(19,20)13-5-3-12(4-6-13)22(17,18)9-1-8-16/h2-7,16H,1,8-10,15H2. The zero-order valence-corrected chi connectivity index (χ0v) is 14.6. The molecule has 0 saturated carbocycles. The minimum atomic E-state index is -3.68. The van der Waals surface area contributed by atoms with Crippen molar-refractivity contribution >= 4 is 31.0 Å². The van der Waals surface area contributed by atoms with E-state index in [9.17, 15) is 16.8 Å². The number of benzene rings is 1. The summed E-state index contributed by atoms with van der Waals surface area (Å²) in [5, 5.41) is 8.72. The summed E-state index contributed by atoms with van der Waals surface area (Å²) in [5.41, 5.74) is 5.48. The Kier molecular flexibility index (Phi) is 5.58. The Hall–Kier alpha value is -1.26. The van der Waals surface area contributed by atoms with E-state index in [1.54, 1.807) is 6.07 Å². The lowest BCUT2D eigenvalue weighted by Gasteiger charge is -2.06. The Labute approximate surface area is 139 Å². The summed E-state index contributed by atoms with van der Waals surface area (Å²) in [4.78, 5) is 0.828. The number of hydrogen-bond acceptors (Lipinski definition) is 7. The van der Waals surface area contributed by atoms with Crippen molar-refractivity contribution in [3.05, 3.63) is 41.3 Å². The van der Waals surface area contributed by atoms with E-state index in [-0.39, 0.29) is 39.3 Å². The molecule has 2 aromatic rings. The molecule has 0 aliphatic carbocycles. The summed E-state index contributed by atoms with van der Waals surface area (Å²) in [6.45, 7) is 0.0514. The number of aliphatic hydroxyl groups excluding tert-OH is 1. The number of rotatable bonds is 7. The highest BCUT2D eigenvalue weighted by Crippen LogP contribution is 2.28. The maximum Gasteiger partial charge on any atom is 0.215 e. The summed E-state index contributed by atoms with van der Waals surface area (Å²) in [6, 6.07) is 8.26. The predicted molar refractivity (Wildman–Crippen MR) is 87.9 cm³/mol. The van der Waals surface area contributed by atoms with Crippen LogP contribution in [0.25, 0.3) is 0 Å². The van der Waals surface area contributed by atoms with Crippen LogP contribution in [-0.4, -0.2) is 34.3 Å². The highest BCUT2D eigenvalue weighted by Gasteiger charge is 2.21. The van der Waals surface area contributed by atoms with Crippen molar-refractivity contribution in [2.24, 2.45) is 5.73 Å². The highest BCUT2D eigenvalue weighted by molar-refractivity contribution is 7.93. The molecule has 0 radical (unpaired) electrons. The van der Waals surface area contributed by atoms with Gasteiger partial charge in [0.25, 0.3) is 0 Å². The Morgan fingerprint density at radius 1 is 0.957 bits per heavy atom. The zero-order chi connectivity index (χ0) is 17.1. The molecule has 9 heteroatoms. The van der Waals surface area contributed by atoms with Gasteiger partial charge >= 0.3 is 0 Å². The van der Waals surface area contributed by atoms with Gasteiger partial charge in [-0.25, -0.2) is 16.8 Å². The predicted octanol–water partition coefficient (Wildman–Crippen LogP) is 1.20. The van der Waals surface area contributed by atoms with E-state index < -0.39 is 19.7 Å². The van der Waals surface area contributed by atoms with E-state index in [4.69, 9.17) is 10.8 Å². The minimum absolute atomic E-state index is 0.0315. The lowest BCUT2D eigenvalue weighted by molar-refractivity contribution is 0.295. The lowest BCUT2D eigenvalue weighted by atomic mass is 10.4. The Balaban J connectivity index is 2.32. The van der Waals surface area contributed by atoms with Crippen LogP contribution in [0.3, 0.4) is 0 Å². The maximum absolute atomic E-state index is 12.5. The third-order valence-electron chi connectivity index (χ3n) is 3.17. The molecule has 0 amide bonds. The van der Waals surface area contributed by atoms with Crippen LogP contribution in [-0.2, 0) is 26.2 Å². The van der Waals surface area contributed by atoms with Gasteiger partial charge in [0, 0.05) is 18.0 Å². The van der Waals surface area contributed by atoms with Crippen molar-refractivity contribution in [3.8, 4) is 0 Å². The van der Waals surface area contributed by atoms with Gasteiger partial charge in [-0.3, -0.25) is 0 Å². The smallest absolute Gasteiger partial charge is 0.215 e. The van der Waals surface area contributed by atoms with Crippen LogP contribution >= 0.6 is 11.3 Å². The summed E-state index contributed by atoms with van der Waals surface area (Å²) >= 11 is 1.10. The highest BCUT2D eigenvalue weighted by atomic mass is 32.2. The molecule has 1 aromatic heterocycles. The molecule has 0 spiro atoms. The molecule has 126 valence electrons. The van der Waals surface area contributed by atoms with Crippen molar-refractivity contribution in [1.82, 2.24) is 0 Å². The molecule has 0 aliphatic rings. The fourth-order valence-electron chi connectivity index (χ4n) is 1.93. The first-order valence-electron chi connectivity index (χ1n) is 6.79. The van der Waals surface area contributed by atoms with Crippen molar-refractivity contribution in [2.45, 2.75) is 27.0 Å². The third-order valence-corrected chi connectivity index (χ3v) is 8.35. The van der Waals surface area contributed by atoms with Gasteiger partial charge in [0.1, 0.15) is 4.21 Å². The van der Waals surface area contributed by atoms with Crippen molar-refractivity contribution in [2.75, 3.05) is 12.4 Å². The molecule has 23 heavy (non-hydrogen) atoms. The summed E-state index contributed by atoms with van der Waals surface area (Å²) < 4.78 is 49.1. The van der Waals surface area contributed by atoms with Crippen LogP contribution in [0, 0.1) is 0 Å². The van der Waals surface area contributed by atoms with E-state index in [2.05, 4.69) is 0 Å². The van der Waals surface area contributed by atoms with Crippen LogP contribution in [0.15, 0.2) is 50.4 Å².